The van der Waals surface area contributed by atoms with Gasteiger partial charge in [-0.2, -0.15) is 0 Å². The first kappa shape index (κ1) is 8.56. The van der Waals surface area contributed by atoms with Gasteiger partial charge in [0.1, 0.15) is 0 Å². The van der Waals surface area contributed by atoms with Gasteiger partial charge in [0.15, 0.2) is 5.82 Å². The average molecular weight is 212 g/mol. The Morgan fingerprint density at radius 3 is 2.73 bits per heavy atom. The number of thiophene rings is 1. The maximum absolute atomic E-state index is 4.50. The second-order valence-corrected chi connectivity index (χ2v) is 4.18. The summed E-state index contributed by atoms with van der Waals surface area (Å²) in [4.78, 5) is 8.85. The summed E-state index contributed by atoms with van der Waals surface area (Å²) in [5, 5.41) is 2.04. The van der Waals surface area contributed by atoms with E-state index in [1.54, 1.807) is 11.3 Å². The summed E-state index contributed by atoms with van der Waals surface area (Å²) in [6.45, 7) is 0. The van der Waals surface area contributed by atoms with E-state index in [0.717, 1.165) is 21.6 Å². The summed E-state index contributed by atoms with van der Waals surface area (Å²) >= 11 is 1.67. The summed E-state index contributed by atoms with van der Waals surface area (Å²) < 4.78 is 1.13. The van der Waals surface area contributed by atoms with Crippen LogP contribution < -0.4 is 0 Å². The second-order valence-electron chi connectivity index (χ2n) is 3.23. The van der Waals surface area contributed by atoms with Crippen LogP contribution >= 0.6 is 11.3 Å². The van der Waals surface area contributed by atoms with Gasteiger partial charge < -0.3 is 0 Å². The molecule has 0 saturated heterocycles. The van der Waals surface area contributed by atoms with Crippen LogP contribution in [0.3, 0.4) is 0 Å². The summed E-state index contributed by atoms with van der Waals surface area (Å²) in [5.74, 6) is 0.793. The zero-order valence-electron chi connectivity index (χ0n) is 7.92. The van der Waals surface area contributed by atoms with E-state index in [1.165, 1.54) is 0 Å². The van der Waals surface area contributed by atoms with E-state index in [2.05, 4.69) is 9.97 Å². The lowest BCUT2D eigenvalue weighted by Crippen LogP contribution is -1.86. The third-order valence-corrected chi connectivity index (χ3v) is 3.08. The molecule has 0 aliphatic heterocycles. The fourth-order valence-corrected chi connectivity index (χ4v) is 2.18. The number of hydrogen-bond acceptors (Lipinski definition) is 3. The maximum Gasteiger partial charge on any atom is 0.159 e. The number of benzene rings is 1. The van der Waals surface area contributed by atoms with Crippen molar-refractivity contribution in [2.75, 3.05) is 0 Å². The van der Waals surface area contributed by atoms with Crippen LogP contribution in [-0.4, -0.2) is 9.97 Å². The molecule has 0 radical (unpaired) electrons. The van der Waals surface area contributed by atoms with E-state index < -0.39 is 0 Å². The predicted molar refractivity (Wildman–Crippen MR) is 62.9 cm³/mol. The zero-order valence-corrected chi connectivity index (χ0v) is 8.74. The molecule has 3 heteroatoms. The van der Waals surface area contributed by atoms with Crippen LogP contribution in [0.25, 0.3) is 21.6 Å². The predicted octanol–water partition coefficient (Wildman–Crippen LogP) is 3.36. The molecular weight excluding hydrogens is 204 g/mol. The van der Waals surface area contributed by atoms with Crippen molar-refractivity contribution in [2.24, 2.45) is 0 Å². The Labute approximate surface area is 91.2 Å². The first-order chi connectivity index (χ1) is 7.43. The third-order valence-electron chi connectivity index (χ3n) is 2.24. The molecule has 0 fully saturated rings. The van der Waals surface area contributed by atoms with Gasteiger partial charge in [-0.1, -0.05) is 30.3 Å². The monoisotopic (exact) mass is 212 g/mol. The van der Waals surface area contributed by atoms with Crippen LogP contribution in [0.15, 0.2) is 48.0 Å². The quantitative estimate of drug-likeness (QED) is 0.618. The van der Waals surface area contributed by atoms with Crippen LogP contribution in [0.1, 0.15) is 0 Å². The number of nitrogens with zero attached hydrogens (tertiary/aromatic N) is 2. The van der Waals surface area contributed by atoms with Gasteiger partial charge in [0.2, 0.25) is 0 Å². The number of fused-ring (bicyclic) bond motifs is 1. The molecule has 0 aliphatic rings. The lowest BCUT2D eigenvalue weighted by Gasteiger charge is -1.98. The average Bonchev–Trinajstić information content (AvgIpc) is 2.77. The van der Waals surface area contributed by atoms with E-state index in [0.29, 0.717) is 0 Å². The van der Waals surface area contributed by atoms with Crippen molar-refractivity contribution in [1.82, 2.24) is 9.97 Å². The SMILES string of the molecule is c1ccc(-c2ncc3sccc3n2)cc1. The lowest BCUT2D eigenvalue weighted by atomic mass is 10.2. The van der Waals surface area contributed by atoms with Gasteiger partial charge in [0, 0.05) is 11.8 Å². The molecule has 0 saturated carbocycles. The normalized spacial score (nSPS) is 10.7. The second kappa shape index (κ2) is 3.44. The van der Waals surface area contributed by atoms with E-state index in [1.807, 2.05) is 48.0 Å². The molecule has 0 amide bonds. The van der Waals surface area contributed by atoms with Crippen LogP contribution in [0.5, 0.6) is 0 Å². The fraction of sp³-hybridized carbons (Fsp3) is 0. The summed E-state index contributed by atoms with van der Waals surface area (Å²) in [5.41, 5.74) is 2.08. The van der Waals surface area contributed by atoms with Crippen molar-refractivity contribution in [3.05, 3.63) is 48.0 Å². The van der Waals surface area contributed by atoms with E-state index in [9.17, 15) is 0 Å². The highest BCUT2D eigenvalue weighted by molar-refractivity contribution is 7.17. The smallest absolute Gasteiger partial charge is 0.159 e. The minimum atomic E-state index is 0.793. The minimum absolute atomic E-state index is 0.793. The van der Waals surface area contributed by atoms with E-state index >= 15 is 0 Å². The first-order valence-electron chi connectivity index (χ1n) is 4.69. The summed E-state index contributed by atoms with van der Waals surface area (Å²) in [6.07, 6.45) is 1.88. The highest BCUT2D eigenvalue weighted by atomic mass is 32.1. The zero-order chi connectivity index (χ0) is 10.1. The van der Waals surface area contributed by atoms with Crippen molar-refractivity contribution in [2.45, 2.75) is 0 Å². The molecule has 15 heavy (non-hydrogen) atoms. The Morgan fingerprint density at radius 2 is 1.87 bits per heavy atom. The molecule has 2 nitrogen and oxygen atoms in total. The lowest BCUT2D eigenvalue weighted by molar-refractivity contribution is 1.23. The molecular formula is C12H8N2S. The van der Waals surface area contributed by atoms with Crippen molar-refractivity contribution >= 4 is 21.6 Å². The first-order valence-corrected chi connectivity index (χ1v) is 5.57. The van der Waals surface area contributed by atoms with Crippen LogP contribution in [0.4, 0.5) is 0 Å². The largest absolute Gasteiger partial charge is 0.235 e. The topological polar surface area (TPSA) is 25.8 Å². The van der Waals surface area contributed by atoms with Gasteiger partial charge in [-0.15, -0.1) is 11.3 Å². The summed E-state index contributed by atoms with van der Waals surface area (Å²) in [6, 6.07) is 12.1. The molecule has 0 spiro atoms. The number of rotatable bonds is 1. The van der Waals surface area contributed by atoms with Crippen LogP contribution in [0.2, 0.25) is 0 Å². The van der Waals surface area contributed by atoms with Gasteiger partial charge in [-0.05, 0) is 11.4 Å². The molecule has 72 valence electrons. The standard InChI is InChI=1S/C12H8N2S/c1-2-4-9(5-3-1)12-13-8-11-10(14-12)6-7-15-11/h1-8H. The van der Waals surface area contributed by atoms with Gasteiger partial charge in [-0.25, -0.2) is 9.97 Å². The molecule has 0 unspecified atom stereocenters. The van der Waals surface area contributed by atoms with Crippen LogP contribution in [0, 0.1) is 0 Å². The van der Waals surface area contributed by atoms with Crippen molar-refractivity contribution in [1.29, 1.82) is 0 Å². The van der Waals surface area contributed by atoms with E-state index in [-0.39, 0.29) is 0 Å². The minimum Gasteiger partial charge on any atom is -0.235 e. The highest BCUT2D eigenvalue weighted by Gasteiger charge is 2.02. The molecule has 2 heterocycles. The van der Waals surface area contributed by atoms with Gasteiger partial charge in [-0.3, -0.25) is 0 Å². The molecule has 3 rings (SSSR count). The number of hydrogen-bond donors (Lipinski definition) is 0. The van der Waals surface area contributed by atoms with E-state index in [4.69, 9.17) is 0 Å². The highest BCUT2D eigenvalue weighted by Crippen LogP contribution is 2.21. The van der Waals surface area contributed by atoms with Crippen molar-refractivity contribution in [3.63, 3.8) is 0 Å². The van der Waals surface area contributed by atoms with Crippen molar-refractivity contribution in [3.8, 4) is 11.4 Å². The molecule has 0 atom stereocenters. The van der Waals surface area contributed by atoms with Gasteiger partial charge >= 0.3 is 0 Å². The Hall–Kier alpha value is -1.74. The van der Waals surface area contributed by atoms with Gasteiger partial charge in [0.25, 0.3) is 0 Å². The van der Waals surface area contributed by atoms with Gasteiger partial charge in [0.05, 0.1) is 10.2 Å². The molecule has 0 N–H and O–H groups in total. The third kappa shape index (κ3) is 1.51. The Bertz CT molecular complexity index is 587. The number of aromatic nitrogens is 2. The molecule has 3 aromatic rings. The summed E-state index contributed by atoms with van der Waals surface area (Å²) in [7, 11) is 0. The Kier molecular flexibility index (Phi) is 1.96. The van der Waals surface area contributed by atoms with Crippen LogP contribution in [-0.2, 0) is 0 Å². The Morgan fingerprint density at radius 1 is 1.00 bits per heavy atom. The fourth-order valence-electron chi connectivity index (χ4n) is 1.49. The maximum atomic E-state index is 4.50. The molecule has 2 aromatic heterocycles. The molecule has 1 aromatic carbocycles. The molecule has 0 aliphatic carbocycles. The Balaban J connectivity index is 2.19. The molecule has 0 bridgehead atoms. The van der Waals surface area contributed by atoms with Crippen molar-refractivity contribution < 1.29 is 0 Å².